The molecule has 0 aromatic carbocycles. The number of furan rings is 1. The zero-order valence-corrected chi connectivity index (χ0v) is 9.52. The molecule has 2 rings (SSSR count). The first-order chi connectivity index (χ1) is 6.06. The lowest BCUT2D eigenvalue weighted by atomic mass is 9.93. The van der Waals surface area contributed by atoms with Crippen molar-refractivity contribution in [2.45, 2.75) is 38.1 Å². The van der Waals surface area contributed by atoms with Gasteiger partial charge in [0.1, 0.15) is 5.76 Å². The van der Waals surface area contributed by atoms with E-state index >= 15 is 0 Å². The fraction of sp³-hybridized carbons (Fsp3) is 0.600. The maximum absolute atomic E-state index is 5.97. The predicted molar refractivity (Wildman–Crippen MR) is 55.7 cm³/mol. The molecule has 0 aliphatic heterocycles. The average Bonchev–Trinajstić information content (AvgIpc) is 2.75. The van der Waals surface area contributed by atoms with E-state index in [1.165, 1.54) is 5.56 Å². The molecule has 1 atom stereocenters. The summed E-state index contributed by atoms with van der Waals surface area (Å²) < 4.78 is 6.45. The Morgan fingerprint density at radius 2 is 2.23 bits per heavy atom. The second-order valence-corrected chi connectivity index (χ2v) is 4.79. The monoisotopic (exact) mass is 243 g/mol. The Balaban J connectivity index is 2.40. The van der Waals surface area contributed by atoms with Crippen LogP contribution in [0.5, 0.6) is 0 Å². The van der Waals surface area contributed by atoms with Gasteiger partial charge in [0.2, 0.25) is 0 Å². The molecule has 1 aromatic rings. The van der Waals surface area contributed by atoms with Gasteiger partial charge < -0.3 is 10.2 Å². The van der Waals surface area contributed by atoms with Crippen molar-refractivity contribution in [2.75, 3.05) is 0 Å². The van der Waals surface area contributed by atoms with Crippen LogP contribution in [0.1, 0.15) is 31.1 Å². The summed E-state index contributed by atoms with van der Waals surface area (Å²) in [7, 11) is 0. The molecule has 0 amide bonds. The summed E-state index contributed by atoms with van der Waals surface area (Å²) in [6, 6.07) is 2.20. The van der Waals surface area contributed by atoms with Crippen LogP contribution in [0.4, 0.5) is 0 Å². The molecule has 0 bridgehead atoms. The van der Waals surface area contributed by atoms with Crippen LogP contribution in [0.3, 0.4) is 0 Å². The third-order valence-corrected chi connectivity index (χ3v) is 3.39. The first-order valence-corrected chi connectivity index (χ1v) is 5.37. The minimum atomic E-state index is 0.135. The highest BCUT2D eigenvalue weighted by atomic mass is 79.9. The van der Waals surface area contributed by atoms with Crippen molar-refractivity contribution in [3.63, 3.8) is 0 Å². The molecule has 1 aliphatic rings. The highest BCUT2D eigenvalue weighted by Crippen LogP contribution is 2.52. The maximum Gasteiger partial charge on any atom is 0.169 e. The van der Waals surface area contributed by atoms with E-state index in [-0.39, 0.29) is 11.5 Å². The van der Waals surface area contributed by atoms with E-state index in [1.54, 1.807) is 0 Å². The summed E-state index contributed by atoms with van der Waals surface area (Å²) >= 11 is 3.34. The van der Waals surface area contributed by atoms with Crippen LogP contribution in [0.15, 0.2) is 15.2 Å². The minimum absolute atomic E-state index is 0.135. The SMILES string of the molecule is Cc1cc(Br)oc1C1(C(C)N)CC1. The Bertz CT molecular complexity index is 326. The third kappa shape index (κ3) is 1.34. The predicted octanol–water partition coefficient (Wildman–Crippen LogP) is 2.73. The Morgan fingerprint density at radius 1 is 1.62 bits per heavy atom. The Kier molecular flexibility index (Phi) is 2.04. The number of hydrogen-bond acceptors (Lipinski definition) is 2. The van der Waals surface area contributed by atoms with Crippen molar-refractivity contribution in [1.29, 1.82) is 0 Å². The van der Waals surface area contributed by atoms with Crippen LogP contribution < -0.4 is 5.73 Å². The molecule has 13 heavy (non-hydrogen) atoms. The molecule has 3 heteroatoms. The van der Waals surface area contributed by atoms with E-state index in [9.17, 15) is 0 Å². The molecule has 72 valence electrons. The van der Waals surface area contributed by atoms with E-state index in [0.717, 1.165) is 23.3 Å². The highest BCUT2D eigenvalue weighted by Gasteiger charge is 2.51. The van der Waals surface area contributed by atoms with E-state index in [0.29, 0.717) is 0 Å². The second-order valence-electron chi connectivity index (χ2n) is 4.01. The molecule has 1 aliphatic carbocycles. The fourth-order valence-electron chi connectivity index (χ4n) is 1.96. The van der Waals surface area contributed by atoms with Crippen molar-refractivity contribution in [3.05, 3.63) is 22.1 Å². The summed E-state index contributed by atoms with van der Waals surface area (Å²) in [6.45, 7) is 4.13. The van der Waals surface area contributed by atoms with Crippen LogP contribution in [0.25, 0.3) is 0 Å². The molecule has 1 saturated carbocycles. The van der Waals surface area contributed by atoms with Gasteiger partial charge in [-0.3, -0.25) is 0 Å². The van der Waals surface area contributed by atoms with Crippen LogP contribution in [0, 0.1) is 6.92 Å². The molecule has 1 heterocycles. The maximum atomic E-state index is 5.97. The second kappa shape index (κ2) is 2.85. The van der Waals surface area contributed by atoms with Crippen LogP contribution >= 0.6 is 15.9 Å². The van der Waals surface area contributed by atoms with Gasteiger partial charge >= 0.3 is 0 Å². The average molecular weight is 244 g/mol. The summed E-state index contributed by atoms with van der Waals surface area (Å²) in [6.07, 6.45) is 2.32. The van der Waals surface area contributed by atoms with Gasteiger partial charge in [-0.2, -0.15) is 0 Å². The lowest BCUT2D eigenvalue weighted by molar-refractivity contribution is 0.400. The van der Waals surface area contributed by atoms with Crippen LogP contribution in [0.2, 0.25) is 0 Å². The van der Waals surface area contributed by atoms with Gasteiger partial charge in [0.15, 0.2) is 4.67 Å². The lowest BCUT2D eigenvalue weighted by Gasteiger charge is -2.17. The third-order valence-electron chi connectivity index (χ3n) is 3.00. The molecule has 2 N–H and O–H groups in total. The van der Waals surface area contributed by atoms with Crippen LogP contribution in [-0.2, 0) is 5.41 Å². The zero-order chi connectivity index (χ0) is 9.64. The van der Waals surface area contributed by atoms with E-state index in [1.807, 2.05) is 6.07 Å². The van der Waals surface area contributed by atoms with Gasteiger partial charge in [-0.15, -0.1) is 0 Å². The number of hydrogen-bond donors (Lipinski definition) is 1. The van der Waals surface area contributed by atoms with Gasteiger partial charge in [-0.1, -0.05) is 0 Å². The molecular weight excluding hydrogens is 230 g/mol. The van der Waals surface area contributed by atoms with Crippen LogP contribution in [-0.4, -0.2) is 6.04 Å². The molecule has 1 unspecified atom stereocenters. The first-order valence-electron chi connectivity index (χ1n) is 4.58. The van der Waals surface area contributed by atoms with Crippen molar-refractivity contribution in [1.82, 2.24) is 0 Å². The summed E-state index contributed by atoms with van der Waals surface area (Å²) in [4.78, 5) is 0. The van der Waals surface area contributed by atoms with Crippen molar-refractivity contribution in [3.8, 4) is 0 Å². The molecule has 2 nitrogen and oxygen atoms in total. The van der Waals surface area contributed by atoms with E-state index in [4.69, 9.17) is 10.2 Å². The van der Waals surface area contributed by atoms with Gasteiger partial charge in [0.25, 0.3) is 0 Å². The van der Waals surface area contributed by atoms with E-state index < -0.39 is 0 Å². The van der Waals surface area contributed by atoms with Gasteiger partial charge in [0, 0.05) is 11.5 Å². The largest absolute Gasteiger partial charge is 0.453 e. The fourth-order valence-corrected chi connectivity index (χ4v) is 2.47. The number of nitrogens with two attached hydrogens (primary N) is 1. The number of rotatable bonds is 2. The molecule has 1 aromatic heterocycles. The summed E-state index contributed by atoms with van der Waals surface area (Å²) in [5.74, 6) is 1.08. The topological polar surface area (TPSA) is 39.2 Å². The standard InChI is InChI=1S/C10H14BrNO/c1-6-5-8(11)13-9(6)10(3-4-10)7(2)12/h5,7H,3-4,12H2,1-2H3. The molecule has 1 fully saturated rings. The van der Waals surface area contributed by atoms with Crippen molar-refractivity contribution < 1.29 is 4.42 Å². The minimum Gasteiger partial charge on any atom is -0.453 e. The van der Waals surface area contributed by atoms with E-state index in [2.05, 4.69) is 29.8 Å². The first kappa shape index (κ1) is 9.28. The normalized spacial score (nSPS) is 21.5. The lowest BCUT2D eigenvalue weighted by Crippen LogP contribution is -2.31. The zero-order valence-electron chi connectivity index (χ0n) is 7.93. The smallest absolute Gasteiger partial charge is 0.169 e. The van der Waals surface area contributed by atoms with Gasteiger partial charge in [-0.25, -0.2) is 0 Å². The molecular formula is C10H14BrNO. The Hall–Kier alpha value is -0.280. The Morgan fingerprint density at radius 3 is 2.54 bits per heavy atom. The van der Waals surface area contributed by atoms with Gasteiger partial charge in [0.05, 0.1) is 0 Å². The molecule has 0 spiro atoms. The van der Waals surface area contributed by atoms with Crippen molar-refractivity contribution >= 4 is 15.9 Å². The van der Waals surface area contributed by atoms with Gasteiger partial charge in [-0.05, 0) is 54.2 Å². The number of halogens is 1. The number of aryl methyl sites for hydroxylation is 1. The summed E-state index contributed by atoms with van der Waals surface area (Å²) in [5, 5.41) is 0. The Labute approximate surface area is 86.6 Å². The highest BCUT2D eigenvalue weighted by molar-refractivity contribution is 9.10. The summed E-state index contributed by atoms with van der Waals surface area (Å²) in [5.41, 5.74) is 7.31. The quantitative estimate of drug-likeness (QED) is 0.868. The molecule has 0 saturated heterocycles. The molecule has 0 radical (unpaired) electrons. The van der Waals surface area contributed by atoms with Crippen molar-refractivity contribution in [2.24, 2.45) is 5.73 Å².